The monoisotopic (exact) mass is 310 g/mol. The molecule has 0 aliphatic carbocycles. The number of hydrogen-bond acceptors (Lipinski definition) is 5. The van der Waals surface area contributed by atoms with E-state index in [4.69, 9.17) is 4.74 Å². The Kier molecular flexibility index (Phi) is 4.39. The molecule has 122 valence electrons. The molecule has 1 aromatic heterocycles. The number of H-pyrrole nitrogens is 1. The lowest BCUT2D eigenvalue weighted by Crippen LogP contribution is -2.35. The van der Waals surface area contributed by atoms with Gasteiger partial charge in [-0.2, -0.15) is 0 Å². The molecule has 0 saturated carbocycles. The van der Waals surface area contributed by atoms with E-state index in [0.717, 1.165) is 0 Å². The molecule has 1 aliphatic heterocycles. The zero-order valence-corrected chi connectivity index (χ0v) is 13.3. The third-order valence-electron chi connectivity index (χ3n) is 3.95. The standard InChI is InChI=1S/C15H22N2O5/c1-8-6-17(14(21)16-13(8)20)11-5-9(10(7-18)22-11)12(19)15(2,3)4/h6,9-11,18H,5,7H2,1-4H3,(H,16,20,21)/t9-,10+,11+/m0/s1. The van der Waals surface area contributed by atoms with Gasteiger partial charge in [0.05, 0.1) is 18.6 Å². The number of aliphatic hydroxyl groups is 1. The molecule has 3 atom stereocenters. The molecule has 0 aromatic carbocycles. The average molecular weight is 310 g/mol. The Morgan fingerprint density at radius 1 is 1.45 bits per heavy atom. The molecule has 1 aromatic rings. The van der Waals surface area contributed by atoms with Crippen LogP contribution in [0.5, 0.6) is 0 Å². The van der Waals surface area contributed by atoms with Crippen LogP contribution in [0.25, 0.3) is 0 Å². The lowest BCUT2D eigenvalue weighted by Gasteiger charge is -2.23. The lowest BCUT2D eigenvalue weighted by atomic mass is 9.80. The fourth-order valence-corrected chi connectivity index (χ4v) is 2.70. The van der Waals surface area contributed by atoms with Crippen molar-refractivity contribution in [2.45, 2.75) is 46.4 Å². The van der Waals surface area contributed by atoms with Gasteiger partial charge in [-0.15, -0.1) is 0 Å². The highest BCUT2D eigenvalue weighted by Crippen LogP contribution is 2.37. The Hall–Kier alpha value is -1.73. The molecular weight excluding hydrogens is 288 g/mol. The number of nitrogens with one attached hydrogen (secondary N) is 1. The van der Waals surface area contributed by atoms with Crippen LogP contribution in [0.4, 0.5) is 0 Å². The molecule has 0 unspecified atom stereocenters. The van der Waals surface area contributed by atoms with Gasteiger partial charge in [-0.25, -0.2) is 4.79 Å². The number of aromatic amines is 1. The highest BCUT2D eigenvalue weighted by Gasteiger charge is 2.43. The summed E-state index contributed by atoms with van der Waals surface area (Å²) < 4.78 is 6.94. The Bertz CT molecular complexity index is 682. The van der Waals surface area contributed by atoms with Gasteiger partial charge in [0.25, 0.3) is 5.56 Å². The Morgan fingerprint density at radius 2 is 2.09 bits per heavy atom. The van der Waals surface area contributed by atoms with Crippen molar-refractivity contribution in [3.8, 4) is 0 Å². The number of Topliss-reactive ketones (excluding diaryl/α,β-unsaturated/α-hetero) is 1. The van der Waals surface area contributed by atoms with Gasteiger partial charge in [0.15, 0.2) is 0 Å². The summed E-state index contributed by atoms with van der Waals surface area (Å²) in [6.07, 6.45) is 0.407. The van der Waals surface area contributed by atoms with Crippen molar-refractivity contribution in [3.63, 3.8) is 0 Å². The number of carbonyl (C=O) groups is 1. The topological polar surface area (TPSA) is 101 Å². The van der Waals surface area contributed by atoms with Gasteiger partial charge in [0, 0.05) is 23.6 Å². The molecule has 22 heavy (non-hydrogen) atoms. The maximum absolute atomic E-state index is 12.5. The number of aromatic nitrogens is 2. The predicted molar refractivity (Wildman–Crippen MR) is 79.6 cm³/mol. The third-order valence-corrected chi connectivity index (χ3v) is 3.95. The van der Waals surface area contributed by atoms with Gasteiger partial charge in [0.1, 0.15) is 12.0 Å². The molecule has 0 spiro atoms. The van der Waals surface area contributed by atoms with Crippen molar-refractivity contribution in [2.75, 3.05) is 6.61 Å². The van der Waals surface area contributed by atoms with E-state index >= 15 is 0 Å². The van der Waals surface area contributed by atoms with Crippen LogP contribution in [0, 0.1) is 18.3 Å². The summed E-state index contributed by atoms with van der Waals surface area (Å²) in [7, 11) is 0. The second-order valence-corrected chi connectivity index (χ2v) is 6.75. The molecule has 7 nitrogen and oxygen atoms in total. The first-order valence-electron chi connectivity index (χ1n) is 7.28. The Balaban J connectivity index is 2.33. The quantitative estimate of drug-likeness (QED) is 0.839. The molecule has 2 rings (SSSR count). The van der Waals surface area contributed by atoms with E-state index in [1.807, 2.05) is 20.8 Å². The van der Waals surface area contributed by atoms with Gasteiger partial charge in [0.2, 0.25) is 0 Å². The minimum absolute atomic E-state index is 0.0109. The third kappa shape index (κ3) is 3.05. The average Bonchev–Trinajstić information content (AvgIpc) is 2.84. The Morgan fingerprint density at radius 3 is 2.64 bits per heavy atom. The summed E-state index contributed by atoms with van der Waals surface area (Å²) in [5.74, 6) is -0.489. The SMILES string of the molecule is Cc1cn([C@H]2C[C@H](C(=O)C(C)(C)C)[C@@H](CO)O2)c(=O)[nH]c1=O. The van der Waals surface area contributed by atoms with Crippen LogP contribution in [0.1, 0.15) is 39.0 Å². The van der Waals surface area contributed by atoms with Crippen molar-refractivity contribution < 1.29 is 14.6 Å². The van der Waals surface area contributed by atoms with Crippen molar-refractivity contribution in [1.82, 2.24) is 9.55 Å². The van der Waals surface area contributed by atoms with Crippen LogP contribution < -0.4 is 11.2 Å². The van der Waals surface area contributed by atoms with Crippen LogP contribution in [0.3, 0.4) is 0 Å². The molecular formula is C15H22N2O5. The van der Waals surface area contributed by atoms with E-state index in [1.54, 1.807) is 6.92 Å². The summed E-state index contributed by atoms with van der Waals surface area (Å²) in [5.41, 5.74) is -1.20. The van der Waals surface area contributed by atoms with Gasteiger partial charge in [-0.1, -0.05) is 20.8 Å². The largest absolute Gasteiger partial charge is 0.394 e. The van der Waals surface area contributed by atoms with Crippen LogP contribution in [0.2, 0.25) is 0 Å². The maximum Gasteiger partial charge on any atom is 0.330 e. The first-order chi connectivity index (χ1) is 10.1. The number of ketones is 1. The van der Waals surface area contributed by atoms with Crippen LogP contribution >= 0.6 is 0 Å². The first kappa shape index (κ1) is 16.6. The van der Waals surface area contributed by atoms with Gasteiger partial charge in [-0.3, -0.25) is 19.1 Å². The fourth-order valence-electron chi connectivity index (χ4n) is 2.70. The first-order valence-corrected chi connectivity index (χ1v) is 7.28. The highest BCUT2D eigenvalue weighted by atomic mass is 16.5. The second-order valence-electron chi connectivity index (χ2n) is 6.75. The summed E-state index contributed by atoms with van der Waals surface area (Å²) in [5, 5.41) is 9.46. The molecule has 7 heteroatoms. The molecule has 0 radical (unpaired) electrons. The number of ether oxygens (including phenoxy) is 1. The minimum atomic E-state index is -0.670. The molecule has 1 fully saturated rings. The number of carbonyl (C=O) groups excluding carboxylic acids is 1. The molecule has 1 saturated heterocycles. The van der Waals surface area contributed by atoms with E-state index in [9.17, 15) is 19.5 Å². The number of nitrogens with zero attached hydrogens (tertiary/aromatic N) is 1. The number of aliphatic hydroxyl groups excluding tert-OH is 1. The van der Waals surface area contributed by atoms with Crippen molar-refractivity contribution in [2.24, 2.45) is 11.3 Å². The maximum atomic E-state index is 12.5. The van der Waals surface area contributed by atoms with E-state index in [-0.39, 0.29) is 12.4 Å². The number of rotatable bonds is 3. The molecule has 1 aliphatic rings. The molecule has 0 amide bonds. The lowest BCUT2D eigenvalue weighted by molar-refractivity contribution is -0.133. The normalized spacial score (nSPS) is 25.4. The van der Waals surface area contributed by atoms with Crippen LogP contribution in [0.15, 0.2) is 15.8 Å². The van der Waals surface area contributed by atoms with Crippen molar-refractivity contribution >= 4 is 5.78 Å². The smallest absolute Gasteiger partial charge is 0.330 e. The summed E-state index contributed by atoms with van der Waals surface area (Å²) in [6, 6.07) is 0. The van der Waals surface area contributed by atoms with E-state index < -0.39 is 34.9 Å². The zero-order valence-electron chi connectivity index (χ0n) is 13.3. The fraction of sp³-hybridized carbons (Fsp3) is 0.667. The predicted octanol–water partition coefficient (Wildman–Crippen LogP) is 0.356. The van der Waals surface area contributed by atoms with E-state index in [0.29, 0.717) is 12.0 Å². The summed E-state index contributed by atoms with van der Waals surface area (Å²) in [4.78, 5) is 38.1. The van der Waals surface area contributed by atoms with Gasteiger partial charge >= 0.3 is 5.69 Å². The van der Waals surface area contributed by atoms with Crippen molar-refractivity contribution in [1.29, 1.82) is 0 Å². The van der Waals surface area contributed by atoms with Crippen LogP contribution in [-0.4, -0.2) is 33.2 Å². The van der Waals surface area contributed by atoms with Crippen molar-refractivity contribution in [3.05, 3.63) is 32.6 Å². The number of aryl methyl sites for hydroxylation is 1. The summed E-state index contributed by atoms with van der Waals surface area (Å²) in [6.45, 7) is 6.74. The van der Waals surface area contributed by atoms with E-state index in [1.165, 1.54) is 10.8 Å². The Labute approximate surface area is 127 Å². The highest BCUT2D eigenvalue weighted by molar-refractivity contribution is 5.86. The zero-order chi connectivity index (χ0) is 16.7. The molecule has 2 heterocycles. The van der Waals surface area contributed by atoms with Gasteiger partial charge < -0.3 is 9.84 Å². The molecule has 2 N–H and O–H groups in total. The minimum Gasteiger partial charge on any atom is -0.394 e. The molecule has 0 bridgehead atoms. The number of hydrogen-bond donors (Lipinski definition) is 2. The second kappa shape index (κ2) is 5.81. The summed E-state index contributed by atoms with van der Waals surface area (Å²) >= 11 is 0. The van der Waals surface area contributed by atoms with E-state index in [2.05, 4.69) is 4.98 Å². The van der Waals surface area contributed by atoms with Gasteiger partial charge in [-0.05, 0) is 6.92 Å². The van der Waals surface area contributed by atoms with Crippen LogP contribution in [-0.2, 0) is 9.53 Å².